The lowest BCUT2D eigenvalue weighted by atomic mass is 10.1. The SMILES string of the molecule is Cc1ccc(OCCNC(=O)CCNC(=O)Cc2ccccc2)cc1. The second kappa shape index (κ2) is 10.1. The van der Waals surface area contributed by atoms with E-state index in [1.807, 2.05) is 61.5 Å². The Balaban J connectivity index is 1.53. The fraction of sp³-hybridized carbons (Fsp3) is 0.300. The topological polar surface area (TPSA) is 67.4 Å². The van der Waals surface area contributed by atoms with Crippen molar-refractivity contribution in [2.45, 2.75) is 19.8 Å². The van der Waals surface area contributed by atoms with Crippen LogP contribution in [0.3, 0.4) is 0 Å². The van der Waals surface area contributed by atoms with Crippen molar-refractivity contribution in [2.75, 3.05) is 19.7 Å². The molecule has 0 radical (unpaired) electrons. The van der Waals surface area contributed by atoms with Crippen molar-refractivity contribution >= 4 is 11.8 Å². The van der Waals surface area contributed by atoms with Gasteiger partial charge in [-0.2, -0.15) is 0 Å². The minimum absolute atomic E-state index is 0.0818. The van der Waals surface area contributed by atoms with Crippen molar-refractivity contribution in [1.82, 2.24) is 10.6 Å². The predicted octanol–water partition coefficient (Wildman–Crippen LogP) is 2.24. The molecule has 25 heavy (non-hydrogen) atoms. The highest BCUT2D eigenvalue weighted by Gasteiger charge is 2.05. The van der Waals surface area contributed by atoms with E-state index in [4.69, 9.17) is 4.74 Å². The van der Waals surface area contributed by atoms with Gasteiger partial charge in [0, 0.05) is 13.0 Å². The van der Waals surface area contributed by atoms with Crippen molar-refractivity contribution in [2.24, 2.45) is 0 Å². The number of benzene rings is 2. The smallest absolute Gasteiger partial charge is 0.224 e. The van der Waals surface area contributed by atoms with Crippen LogP contribution in [0.4, 0.5) is 0 Å². The number of amides is 2. The normalized spacial score (nSPS) is 10.1. The number of aryl methyl sites for hydroxylation is 1. The van der Waals surface area contributed by atoms with Crippen LogP contribution >= 0.6 is 0 Å². The van der Waals surface area contributed by atoms with Crippen LogP contribution in [-0.2, 0) is 16.0 Å². The molecule has 0 heterocycles. The number of ether oxygens (including phenoxy) is 1. The Labute approximate surface area is 148 Å². The molecule has 0 bridgehead atoms. The van der Waals surface area contributed by atoms with Crippen molar-refractivity contribution in [1.29, 1.82) is 0 Å². The maximum Gasteiger partial charge on any atom is 0.224 e. The van der Waals surface area contributed by atoms with Gasteiger partial charge in [0.2, 0.25) is 11.8 Å². The highest BCUT2D eigenvalue weighted by atomic mass is 16.5. The summed E-state index contributed by atoms with van der Waals surface area (Å²) in [7, 11) is 0. The standard InChI is InChI=1S/C20H24N2O3/c1-16-7-9-18(10-8-16)25-14-13-22-19(23)11-12-21-20(24)15-17-5-3-2-4-6-17/h2-10H,11-15H2,1H3,(H,21,24)(H,22,23). The van der Waals surface area contributed by atoms with E-state index in [0.29, 0.717) is 26.1 Å². The molecule has 2 aromatic carbocycles. The maximum atomic E-state index is 11.8. The molecule has 2 rings (SSSR count). The van der Waals surface area contributed by atoms with Crippen LogP contribution in [0, 0.1) is 6.92 Å². The molecule has 132 valence electrons. The van der Waals surface area contributed by atoms with Gasteiger partial charge in [-0.25, -0.2) is 0 Å². The Kier molecular flexibility index (Phi) is 7.50. The van der Waals surface area contributed by atoms with Crippen molar-refractivity contribution in [3.05, 3.63) is 65.7 Å². The summed E-state index contributed by atoms with van der Waals surface area (Å²) in [5.74, 6) is 0.599. The third-order valence-electron chi connectivity index (χ3n) is 3.60. The summed E-state index contributed by atoms with van der Waals surface area (Å²) in [6, 6.07) is 17.3. The molecule has 5 nitrogen and oxygen atoms in total. The highest BCUT2D eigenvalue weighted by Crippen LogP contribution is 2.10. The van der Waals surface area contributed by atoms with Gasteiger partial charge in [-0.05, 0) is 24.6 Å². The van der Waals surface area contributed by atoms with Crippen LogP contribution in [0.25, 0.3) is 0 Å². The average molecular weight is 340 g/mol. The largest absolute Gasteiger partial charge is 0.492 e. The second-order valence-corrected chi connectivity index (χ2v) is 5.77. The monoisotopic (exact) mass is 340 g/mol. The molecule has 0 spiro atoms. The summed E-state index contributed by atoms with van der Waals surface area (Å²) < 4.78 is 5.54. The average Bonchev–Trinajstić information content (AvgIpc) is 2.61. The molecule has 0 atom stereocenters. The van der Waals surface area contributed by atoms with E-state index in [-0.39, 0.29) is 18.2 Å². The molecule has 0 aliphatic heterocycles. The summed E-state index contributed by atoms with van der Waals surface area (Å²) in [6.45, 7) is 3.19. The molecular weight excluding hydrogens is 316 g/mol. The van der Waals surface area contributed by atoms with Crippen molar-refractivity contribution < 1.29 is 14.3 Å². The molecule has 2 N–H and O–H groups in total. The minimum atomic E-state index is -0.104. The Morgan fingerprint density at radius 1 is 0.880 bits per heavy atom. The van der Waals surface area contributed by atoms with E-state index >= 15 is 0 Å². The molecule has 0 saturated carbocycles. The van der Waals surface area contributed by atoms with Crippen molar-refractivity contribution in [3.8, 4) is 5.75 Å². The highest BCUT2D eigenvalue weighted by molar-refractivity contribution is 5.80. The molecule has 0 saturated heterocycles. The number of carbonyl (C=O) groups excluding carboxylic acids is 2. The van der Waals surface area contributed by atoms with Crippen LogP contribution < -0.4 is 15.4 Å². The molecule has 2 amide bonds. The molecule has 0 aliphatic rings. The summed E-state index contributed by atoms with van der Waals surface area (Å²) in [6.07, 6.45) is 0.581. The zero-order valence-electron chi connectivity index (χ0n) is 14.5. The first-order valence-electron chi connectivity index (χ1n) is 8.40. The van der Waals surface area contributed by atoms with Gasteiger partial charge in [-0.3, -0.25) is 9.59 Å². The van der Waals surface area contributed by atoms with Crippen molar-refractivity contribution in [3.63, 3.8) is 0 Å². The summed E-state index contributed by atoms with van der Waals surface area (Å²) in [5, 5.41) is 5.53. The van der Waals surface area contributed by atoms with Gasteiger partial charge in [0.25, 0.3) is 0 Å². The fourth-order valence-electron chi connectivity index (χ4n) is 2.24. The molecule has 0 aliphatic carbocycles. The van der Waals surface area contributed by atoms with Gasteiger partial charge >= 0.3 is 0 Å². The first kappa shape index (κ1) is 18.5. The number of hydrogen-bond acceptors (Lipinski definition) is 3. The first-order chi connectivity index (χ1) is 12.1. The van der Waals surface area contributed by atoms with Gasteiger partial charge in [0.1, 0.15) is 12.4 Å². The summed E-state index contributed by atoms with van der Waals surface area (Å²) >= 11 is 0. The maximum absolute atomic E-state index is 11.8. The molecule has 0 unspecified atom stereocenters. The van der Waals surface area contributed by atoms with E-state index in [1.165, 1.54) is 5.56 Å². The van der Waals surface area contributed by atoms with Gasteiger partial charge in [-0.15, -0.1) is 0 Å². The van der Waals surface area contributed by atoms with E-state index in [0.717, 1.165) is 11.3 Å². The Morgan fingerprint density at radius 2 is 1.56 bits per heavy atom. The lowest BCUT2D eigenvalue weighted by molar-refractivity contribution is -0.122. The molecule has 5 heteroatoms. The quantitative estimate of drug-likeness (QED) is 0.688. The molecule has 0 fully saturated rings. The number of nitrogens with one attached hydrogen (secondary N) is 2. The zero-order valence-corrected chi connectivity index (χ0v) is 14.5. The molecule has 2 aromatic rings. The number of carbonyl (C=O) groups is 2. The fourth-order valence-corrected chi connectivity index (χ4v) is 2.24. The van der Waals surface area contributed by atoms with Gasteiger partial charge < -0.3 is 15.4 Å². The number of rotatable bonds is 9. The van der Waals surface area contributed by atoms with Gasteiger partial charge in [-0.1, -0.05) is 48.0 Å². The Bertz CT molecular complexity index is 669. The van der Waals surface area contributed by atoms with E-state index < -0.39 is 0 Å². The second-order valence-electron chi connectivity index (χ2n) is 5.77. The van der Waals surface area contributed by atoms with E-state index in [9.17, 15) is 9.59 Å². The zero-order chi connectivity index (χ0) is 17.9. The Hall–Kier alpha value is -2.82. The van der Waals surface area contributed by atoms with Crippen LogP contribution in [0.1, 0.15) is 17.5 Å². The minimum Gasteiger partial charge on any atom is -0.492 e. The van der Waals surface area contributed by atoms with E-state index in [2.05, 4.69) is 10.6 Å². The van der Waals surface area contributed by atoms with Gasteiger partial charge in [0.05, 0.1) is 13.0 Å². The summed E-state index contributed by atoms with van der Waals surface area (Å²) in [5.41, 5.74) is 2.13. The Morgan fingerprint density at radius 3 is 2.28 bits per heavy atom. The van der Waals surface area contributed by atoms with Crippen LogP contribution in [0.5, 0.6) is 5.75 Å². The molecule has 0 aromatic heterocycles. The predicted molar refractivity (Wildman–Crippen MR) is 97.5 cm³/mol. The first-order valence-corrected chi connectivity index (χ1v) is 8.40. The summed E-state index contributed by atoms with van der Waals surface area (Å²) in [4.78, 5) is 23.5. The third-order valence-corrected chi connectivity index (χ3v) is 3.60. The number of hydrogen-bond donors (Lipinski definition) is 2. The lowest BCUT2D eigenvalue weighted by Gasteiger charge is -2.09. The molecular formula is C20H24N2O3. The van der Waals surface area contributed by atoms with Gasteiger partial charge in [0.15, 0.2) is 0 Å². The van der Waals surface area contributed by atoms with Crippen LogP contribution in [0.2, 0.25) is 0 Å². The third kappa shape index (κ3) is 7.52. The van der Waals surface area contributed by atoms with Crippen LogP contribution in [-0.4, -0.2) is 31.5 Å². The van der Waals surface area contributed by atoms with E-state index in [1.54, 1.807) is 0 Å². The van der Waals surface area contributed by atoms with Crippen LogP contribution in [0.15, 0.2) is 54.6 Å². The lowest BCUT2D eigenvalue weighted by Crippen LogP contribution is -2.33.